The summed E-state index contributed by atoms with van der Waals surface area (Å²) in [6.07, 6.45) is 25.7. The van der Waals surface area contributed by atoms with Crippen LogP contribution in [-0.4, -0.2) is 29.2 Å². The molecule has 0 aromatic carbocycles. The molecular formula is C19H40B4. The summed E-state index contributed by atoms with van der Waals surface area (Å²) in [7, 11) is 7.19. The molecule has 0 bridgehead atoms. The predicted molar refractivity (Wildman–Crippen MR) is 115 cm³/mol. The lowest BCUT2D eigenvalue weighted by molar-refractivity contribution is 0.503. The highest BCUT2D eigenvalue weighted by molar-refractivity contribution is 7.31. The normalized spacial score (nSPS) is 25.4. The van der Waals surface area contributed by atoms with Gasteiger partial charge in [-0.25, -0.2) is 0 Å². The Morgan fingerprint density at radius 1 is 0.609 bits per heavy atom. The molecule has 0 atom stereocenters. The predicted octanol–water partition coefficient (Wildman–Crippen LogP) is 4.32. The maximum atomic E-state index is 2.62. The topological polar surface area (TPSA) is 0 Å². The van der Waals surface area contributed by atoms with Gasteiger partial charge in [0.1, 0.15) is 0 Å². The summed E-state index contributed by atoms with van der Waals surface area (Å²) in [6.45, 7) is 0. The van der Waals surface area contributed by atoms with Gasteiger partial charge < -0.3 is 0 Å². The zero-order valence-electron chi connectivity index (χ0n) is 16.2. The molecule has 0 amide bonds. The molecule has 2 aliphatic carbocycles. The van der Waals surface area contributed by atoms with E-state index in [1.165, 1.54) is 131 Å². The Morgan fingerprint density at radius 3 is 1.57 bits per heavy atom. The zero-order valence-corrected chi connectivity index (χ0v) is 16.2. The first kappa shape index (κ1) is 19.6. The highest BCUT2D eigenvalue weighted by Crippen LogP contribution is 2.35. The van der Waals surface area contributed by atoms with Crippen molar-refractivity contribution in [1.82, 2.24) is 0 Å². The van der Waals surface area contributed by atoms with Gasteiger partial charge >= 0.3 is 0 Å². The molecule has 128 valence electrons. The monoisotopic (exact) mass is 312 g/mol. The first-order valence-electron chi connectivity index (χ1n) is 11.3. The third-order valence-electron chi connectivity index (χ3n) is 6.93. The fourth-order valence-electron chi connectivity index (χ4n) is 5.19. The van der Waals surface area contributed by atoms with Crippen LogP contribution in [0.5, 0.6) is 0 Å². The summed E-state index contributed by atoms with van der Waals surface area (Å²) in [5, 5.41) is 0.681. The highest BCUT2D eigenvalue weighted by atomic mass is 14.1. The van der Waals surface area contributed by atoms with E-state index in [1.807, 2.05) is 0 Å². The summed E-state index contributed by atoms with van der Waals surface area (Å²) in [5.41, 5.74) is 0. The maximum absolute atomic E-state index is 2.62. The summed E-state index contributed by atoms with van der Waals surface area (Å²) >= 11 is 0. The second kappa shape index (κ2) is 11.8. The Bertz CT molecular complexity index is 275. The molecule has 2 rings (SSSR count). The standard InChI is InChI=1S/C19H40B4/c20-19(16-12-8-4-5-9-13-17-19)22-23-21-18-14-10-6-2-1-3-7-11-15-18/h18,21-23H,1-17,20H2. The SMILES string of the molecule is BC1(BBBC2CCCCCCCCC2)CCCCCCCC1. The third-order valence-corrected chi connectivity index (χ3v) is 6.93. The smallest absolute Gasteiger partial charge is 0.0884 e. The second-order valence-electron chi connectivity index (χ2n) is 9.24. The van der Waals surface area contributed by atoms with E-state index < -0.39 is 0 Å². The van der Waals surface area contributed by atoms with Gasteiger partial charge in [-0.2, -0.15) is 0 Å². The average molecular weight is 312 g/mol. The van der Waals surface area contributed by atoms with Gasteiger partial charge in [0, 0.05) is 0 Å². The van der Waals surface area contributed by atoms with Crippen LogP contribution >= 0.6 is 0 Å². The fraction of sp³-hybridized carbons (Fsp3) is 1.00. The number of hydrogen-bond donors (Lipinski definition) is 0. The summed E-state index contributed by atoms with van der Waals surface area (Å²) < 4.78 is 0. The third kappa shape index (κ3) is 8.78. The lowest BCUT2D eigenvalue weighted by Crippen LogP contribution is -2.30. The van der Waals surface area contributed by atoms with Crippen molar-refractivity contribution in [2.24, 2.45) is 0 Å². The molecule has 0 aromatic rings. The van der Waals surface area contributed by atoms with Crippen molar-refractivity contribution in [2.75, 3.05) is 0 Å². The van der Waals surface area contributed by atoms with Crippen molar-refractivity contribution in [3.63, 3.8) is 0 Å². The average Bonchev–Trinajstić information content (AvgIpc) is 2.66. The first-order chi connectivity index (χ1) is 11.3. The van der Waals surface area contributed by atoms with Gasteiger partial charge in [-0.1, -0.05) is 120 Å². The van der Waals surface area contributed by atoms with E-state index in [9.17, 15) is 0 Å². The Hall–Kier alpha value is 0.260. The van der Waals surface area contributed by atoms with Crippen LogP contribution in [0.15, 0.2) is 0 Å². The van der Waals surface area contributed by atoms with Gasteiger partial charge in [-0.05, 0) is 0 Å². The minimum Gasteiger partial charge on any atom is -0.0884 e. The lowest BCUT2D eigenvalue weighted by Gasteiger charge is -2.29. The Morgan fingerprint density at radius 2 is 1.04 bits per heavy atom. The molecule has 0 radical (unpaired) electrons. The Kier molecular flexibility index (Phi) is 10.0. The molecule has 0 N–H and O–H groups in total. The second-order valence-corrected chi connectivity index (χ2v) is 9.24. The van der Waals surface area contributed by atoms with Crippen molar-refractivity contribution >= 4 is 29.2 Å². The first-order valence-corrected chi connectivity index (χ1v) is 11.3. The van der Waals surface area contributed by atoms with Gasteiger partial charge in [0.25, 0.3) is 0 Å². The van der Waals surface area contributed by atoms with Crippen molar-refractivity contribution in [3.8, 4) is 0 Å². The largest absolute Gasteiger partial charge is 0.0987 e. The molecule has 23 heavy (non-hydrogen) atoms. The molecule has 2 fully saturated rings. The summed E-state index contributed by atoms with van der Waals surface area (Å²) in [6, 6.07) is 0. The molecule has 2 saturated carbocycles. The van der Waals surface area contributed by atoms with Crippen molar-refractivity contribution in [2.45, 2.75) is 120 Å². The molecule has 0 unspecified atom stereocenters. The number of rotatable bonds is 4. The minimum absolute atomic E-state index is 0.681. The van der Waals surface area contributed by atoms with Crippen LogP contribution < -0.4 is 0 Å². The van der Waals surface area contributed by atoms with Gasteiger partial charge in [-0.15, -0.1) is 0 Å². The molecule has 0 aromatic heterocycles. The van der Waals surface area contributed by atoms with E-state index in [0.717, 1.165) is 5.82 Å². The van der Waals surface area contributed by atoms with E-state index in [2.05, 4.69) is 7.85 Å². The van der Waals surface area contributed by atoms with E-state index >= 15 is 0 Å². The van der Waals surface area contributed by atoms with Gasteiger partial charge in [0.05, 0.1) is 29.2 Å². The molecular weight excluding hydrogens is 271 g/mol. The van der Waals surface area contributed by atoms with Gasteiger partial charge in [0.2, 0.25) is 0 Å². The van der Waals surface area contributed by atoms with E-state index in [0.29, 0.717) is 5.21 Å². The molecule has 2 aliphatic rings. The molecule has 0 aliphatic heterocycles. The Labute approximate surface area is 149 Å². The van der Waals surface area contributed by atoms with E-state index in [1.54, 1.807) is 0 Å². The molecule has 0 spiro atoms. The summed E-state index contributed by atoms with van der Waals surface area (Å²) in [5.74, 6) is 1.06. The zero-order chi connectivity index (χ0) is 16.2. The van der Waals surface area contributed by atoms with Crippen LogP contribution in [0.1, 0.15) is 109 Å². The van der Waals surface area contributed by atoms with Crippen molar-refractivity contribution in [1.29, 1.82) is 0 Å². The van der Waals surface area contributed by atoms with Crippen LogP contribution in [-0.2, 0) is 0 Å². The number of hydrogen-bond acceptors (Lipinski definition) is 0. The Balaban J connectivity index is 1.69. The van der Waals surface area contributed by atoms with Crippen LogP contribution in [0, 0.1) is 0 Å². The van der Waals surface area contributed by atoms with Crippen LogP contribution in [0.4, 0.5) is 0 Å². The molecule has 0 saturated heterocycles. The van der Waals surface area contributed by atoms with Crippen molar-refractivity contribution < 1.29 is 0 Å². The van der Waals surface area contributed by atoms with E-state index in [-0.39, 0.29) is 0 Å². The highest BCUT2D eigenvalue weighted by Gasteiger charge is 2.25. The lowest BCUT2D eigenvalue weighted by atomic mass is 9.09. The van der Waals surface area contributed by atoms with Gasteiger partial charge in [0.15, 0.2) is 0 Å². The van der Waals surface area contributed by atoms with Crippen molar-refractivity contribution in [3.05, 3.63) is 0 Å². The van der Waals surface area contributed by atoms with E-state index in [4.69, 9.17) is 0 Å². The van der Waals surface area contributed by atoms with Crippen LogP contribution in [0.2, 0.25) is 11.0 Å². The molecule has 0 nitrogen and oxygen atoms in total. The van der Waals surface area contributed by atoms with Gasteiger partial charge in [-0.3, -0.25) is 0 Å². The maximum Gasteiger partial charge on any atom is 0.0987 e. The van der Waals surface area contributed by atoms with Crippen LogP contribution in [0.25, 0.3) is 0 Å². The molecule has 4 heteroatoms. The quantitative estimate of drug-likeness (QED) is 0.678. The van der Waals surface area contributed by atoms with Crippen LogP contribution in [0.3, 0.4) is 0 Å². The fourth-order valence-corrected chi connectivity index (χ4v) is 5.19. The summed E-state index contributed by atoms with van der Waals surface area (Å²) in [4.78, 5) is 0. The molecule has 0 heterocycles. The minimum atomic E-state index is 0.681.